The van der Waals surface area contributed by atoms with Crippen LogP contribution in [-0.2, 0) is 0 Å². The summed E-state index contributed by atoms with van der Waals surface area (Å²) in [5.74, 6) is 0.854. The molecule has 2 aromatic rings. The summed E-state index contributed by atoms with van der Waals surface area (Å²) in [6.45, 7) is 6.56. The summed E-state index contributed by atoms with van der Waals surface area (Å²) in [5, 5.41) is 6.63. The molecule has 0 saturated carbocycles. The molecule has 28 heavy (non-hydrogen) atoms. The maximum atomic E-state index is 12.6. The van der Waals surface area contributed by atoms with Gasteiger partial charge in [-0.05, 0) is 43.6 Å². The van der Waals surface area contributed by atoms with Gasteiger partial charge < -0.3 is 20.4 Å². The molecular formula is C22H29N5O. The SMILES string of the molecule is O=C(NCCN1CCCC1)c1ccnc(N2CCN[C@H](c3ccccc3)C2)c1. The predicted octanol–water partition coefficient (Wildman–Crippen LogP) is 2.06. The van der Waals surface area contributed by atoms with Crippen molar-refractivity contribution >= 4 is 11.7 Å². The van der Waals surface area contributed by atoms with E-state index in [9.17, 15) is 4.79 Å². The van der Waals surface area contributed by atoms with Gasteiger partial charge in [-0.3, -0.25) is 4.79 Å². The number of hydrogen-bond acceptors (Lipinski definition) is 5. The van der Waals surface area contributed by atoms with E-state index >= 15 is 0 Å². The Kier molecular flexibility index (Phi) is 6.19. The molecule has 0 bridgehead atoms. The number of piperazine rings is 1. The van der Waals surface area contributed by atoms with Crippen LogP contribution < -0.4 is 15.5 Å². The summed E-state index contributed by atoms with van der Waals surface area (Å²) < 4.78 is 0. The number of amides is 1. The van der Waals surface area contributed by atoms with E-state index in [1.807, 2.05) is 12.1 Å². The van der Waals surface area contributed by atoms with Crippen molar-refractivity contribution in [3.8, 4) is 0 Å². The van der Waals surface area contributed by atoms with E-state index in [-0.39, 0.29) is 11.9 Å². The lowest BCUT2D eigenvalue weighted by molar-refractivity contribution is 0.0949. The van der Waals surface area contributed by atoms with Crippen LogP contribution in [0.4, 0.5) is 5.82 Å². The van der Waals surface area contributed by atoms with Crippen LogP contribution in [0.15, 0.2) is 48.7 Å². The molecule has 2 saturated heterocycles. The number of nitrogens with one attached hydrogen (secondary N) is 2. The van der Waals surface area contributed by atoms with Crippen LogP contribution in [0.5, 0.6) is 0 Å². The lowest BCUT2D eigenvalue weighted by Gasteiger charge is -2.34. The average Bonchev–Trinajstić information content (AvgIpc) is 3.28. The fourth-order valence-electron chi connectivity index (χ4n) is 4.04. The van der Waals surface area contributed by atoms with E-state index in [0.717, 1.165) is 45.1 Å². The molecule has 2 aliphatic heterocycles. The second kappa shape index (κ2) is 9.17. The van der Waals surface area contributed by atoms with Crippen molar-refractivity contribution in [2.45, 2.75) is 18.9 Å². The number of benzene rings is 1. The normalized spacial score (nSPS) is 20.3. The van der Waals surface area contributed by atoms with Gasteiger partial charge in [-0.25, -0.2) is 4.98 Å². The van der Waals surface area contributed by atoms with Crippen molar-refractivity contribution < 1.29 is 4.79 Å². The fraction of sp³-hybridized carbons (Fsp3) is 0.455. The molecule has 3 heterocycles. The van der Waals surface area contributed by atoms with Gasteiger partial charge in [0, 0.05) is 50.5 Å². The molecule has 148 valence electrons. The molecule has 2 N–H and O–H groups in total. The van der Waals surface area contributed by atoms with E-state index in [1.165, 1.54) is 18.4 Å². The molecule has 1 atom stereocenters. The van der Waals surface area contributed by atoms with Gasteiger partial charge in [0.05, 0.1) is 0 Å². The Morgan fingerprint density at radius 2 is 1.96 bits per heavy atom. The van der Waals surface area contributed by atoms with Crippen LogP contribution in [0.1, 0.15) is 34.8 Å². The summed E-state index contributed by atoms with van der Waals surface area (Å²) in [5.41, 5.74) is 1.96. The van der Waals surface area contributed by atoms with Crippen LogP contribution >= 0.6 is 0 Å². The number of pyridine rings is 1. The Morgan fingerprint density at radius 3 is 2.79 bits per heavy atom. The smallest absolute Gasteiger partial charge is 0.251 e. The average molecular weight is 380 g/mol. The highest BCUT2D eigenvalue weighted by atomic mass is 16.1. The molecule has 0 aliphatic carbocycles. The maximum absolute atomic E-state index is 12.6. The van der Waals surface area contributed by atoms with Gasteiger partial charge in [0.25, 0.3) is 5.91 Å². The number of carbonyl (C=O) groups excluding carboxylic acids is 1. The van der Waals surface area contributed by atoms with E-state index < -0.39 is 0 Å². The third-order valence-electron chi connectivity index (χ3n) is 5.62. The number of aromatic nitrogens is 1. The van der Waals surface area contributed by atoms with Crippen molar-refractivity contribution in [3.05, 3.63) is 59.8 Å². The fourth-order valence-corrected chi connectivity index (χ4v) is 4.04. The summed E-state index contributed by atoms with van der Waals surface area (Å²) in [4.78, 5) is 21.7. The predicted molar refractivity (Wildman–Crippen MR) is 112 cm³/mol. The molecule has 2 fully saturated rings. The number of rotatable bonds is 6. The summed E-state index contributed by atoms with van der Waals surface area (Å²) in [6.07, 6.45) is 4.29. The van der Waals surface area contributed by atoms with Gasteiger partial charge in [-0.2, -0.15) is 0 Å². The van der Waals surface area contributed by atoms with Gasteiger partial charge in [0.1, 0.15) is 5.82 Å². The van der Waals surface area contributed by atoms with Gasteiger partial charge in [-0.1, -0.05) is 30.3 Å². The molecule has 4 rings (SSSR count). The minimum absolute atomic E-state index is 0.0161. The topological polar surface area (TPSA) is 60.5 Å². The molecule has 6 heteroatoms. The Bertz CT molecular complexity index is 776. The van der Waals surface area contributed by atoms with Gasteiger partial charge in [0.15, 0.2) is 0 Å². The first-order chi connectivity index (χ1) is 13.8. The van der Waals surface area contributed by atoms with Crippen LogP contribution in [0, 0.1) is 0 Å². The summed E-state index contributed by atoms with van der Waals surface area (Å²) in [7, 11) is 0. The van der Waals surface area contributed by atoms with Crippen molar-refractivity contribution in [2.75, 3.05) is 50.7 Å². The quantitative estimate of drug-likeness (QED) is 0.805. The Labute approximate surface area is 166 Å². The third-order valence-corrected chi connectivity index (χ3v) is 5.62. The monoisotopic (exact) mass is 379 g/mol. The first-order valence-electron chi connectivity index (χ1n) is 10.3. The molecule has 1 aromatic heterocycles. The molecular weight excluding hydrogens is 350 g/mol. The minimum Gasteiger partial charge on any atom is -0.353 e. The van der Waals surface area contributed by atoms with E-state index in [1.54, 1.807) is 12.3 Å². The summed E-state index contributed by atoms with van der Waals surface area (Å²) >= 11 is 0. The molecule has 2 aliphatic rings. The number of hydrogen-bond donors (Lipinski definition) is 2. The van der Waals surface area contributed by atoms with Crippen LogP contribution in [-0.4, -0.2) is 61.6 Å². The lowest BCUT2D eigenvalue weighted by atomic mass is 10.0. The number of anilines is 1. The van der Waals surface area contributed by atoms with Gasteiger partial charge >= 0.3 is 0 Å². The van der Waals surface area contributed by atoms with Crippen molar-refractivity contribution in [2.24, 2.45) is 0 Å². The van der Waals surface area contributed by atoms with Crippen molar-refractivity contribution in [3.63, 3.8) is 0 Å². The second-order valence-electron chi connectivity index (χ2n) is 7.57. The molecule has 6 nitrogen and oxygen atoms in total. The van der Waals surface area contributed by atoms with Crippen LogP contribution in [0.3, 0.4) is 0 Å². The number of nitrogens with zero attached hydrogens (tertiary/aromatic N) is 3. The molecule has 1 amide bonds. The number of carbonyl (C=O) groups is 1. The highest BCUT2D eigenvalue weighted by Crippen LogP contribution is 2.21. The minimum atomic E-state index is -0.0161. The van der Waals surface area contributed by atoms with E-state index in [0.29, 0.717) is 12.1 Å². The lowest BCUT2D eigenvalue weighted by Crippen LogP contribution is -2.46. The molecule has 0 unspecified atom stereocenters. The van der Waals surface area contributed by atoms with E-state index in [2.05, 4.69) is 49.7 Å². The molecule has 1 aromatic carbocycles. The first kappa shape index (κ1) is 18.9. The second-order valence-corrected chi connectivity index (χ2v) is 7.57. The third kappa shape index (κ3) is 4.69. The highest BCUT2D eigenvalue weighted by molar-refractivity contribution is 5.94. The zero-order chi connectivity index (χ0) is 19.2. The maximum Gasteiger partial charge on any atom is 0.251 e. The van der Waals surface area contributed by atoms with E-state index in [4.69, 9.17) is 0 Å². The highest BCUT2D eigenvalue weighted by Gasteiger charge is 2.22. The largest absolute Gasteiger partial charge is 0.353 e. The summed E-state index contributed by atoms with van der Waals surface area (Å²) in [6, 6.07) is 14.5. The first-order valence-corrected chi connectivity index (χ1v) is 10.3. The Balaban J connectivity index is 1.36. The molecule has 0 radical (unpaired) electrons. The Morgan fingerprint density at radius 1 is 1.14 bits per heavy atom. The van der Waals surface area contributed by atoms with Crippen molar-refractivity contribution in [1.82, 2.24) is 20.5 Å². The zero-order valence-electron chi connectivity index (χ0n) is 16.3. The van der Waals surface area contributed by atoms with Crippen LogP contribution in [0.25, 0.3) is 0 Å². The van der Waals surface area contributed by atoms with Gasteiger partial charge in [0.2, 0.25) is 0 Å². The van der Waals surface area contributed by atoms with Crippen LogP contribution in [0.2, 0.25) is 0 Å². The Hall–Kier alpha value is -2.44. The van der Waals surface area contributed by atoms with Gasteiger partial charge in [-0.15, -0.1) is 0 Å². The molecule has 0 spiro atoms. The zero-order valence-corrected chi connectivity index (χ0v) is 16.3. The number of likely N-dealkylation sites (tertiary alicyclic amines) is 1. The standard InChI is InChI=1S/C22H29N5O/c28-22(25-10-14-26-12-4-5-13-26)19-8-9-24-21(16-19)27-15-11-23-20(17-27)18-6-2-1-3-7-18/h1-3,6-9,16,20,23H,4-5,10-15,17H2,(H,25,28)/t20-/m0/s1. The van der Waals surface area contributed by atoms with Crippen molar-refractivity contribution in [1.29, 1.82) is 0 Å².